The molecule has 0 atom stereocenters. The molecule has 0 bridgehead atoms. The molecular weight excluding hydrogens is 268 g/mol. The van der Waals surface area contributed by atoms with E-state index in [1.807, 2.05) is 6.07 Å². The van der Waals surface area contributed by atoms with Gasteiger partial charge in [-0.2, -0.15) is 0 Å². The molecule has 1 aromatic heterocycles. The number of para-hydroxylation sites is 1. The second-order valence-electron chi connectivity index (χ2n) is 5.23. The number of nitrogens with zero attached hydrogens (tertiary/aromatic N) is 2. The zero-order chi connectivity index (χ0) is 14.4. The van der Waals surface area contributed by atoms with Crippen LogP contribution in [0.1, 0.15) is 25.3 Å². The standard InChI is InChI=1S/C15H22N4S/c1-11(2)10-18-15(16)17-9-5-8-14-19-12-6-3-4-7-13(12)20-14/h3-4,6-7,11H,5,8-10H2,1-2H3,(H3,16,17,18). The number of hydrogen-bond acceptors (Lipinski definition) is 3. The highest BCUT2D eigenvalue weighted by atomic mass is 32.1. The van der Waals surface area contributed by atoms with Gasteiger partial charge in [-0.25, -0.2) is 4.98 Å². The van der Waals surface area contributed by atoms with Gasteiger partial charge >= 0.3 is 0 Å². The van der Waals surface area contributed by atoms with Crippen LogP contribution in [0.2, 0.25) is 0 Å². The quantitative estimate of drug-likeness (QED) is 0.488. The largest absolute Gasteiger partial charge is 0.370 e. The summed E-state index contributed by atoms with van der Waals surface area (Å²) in [4.78, 5) is 8.89. The molecular formula is C15H22N4S. The van der Waals surface area contributed by atoms with Crippen molar-refractivity contribution in [2.24, 2.45) is 16.6 Å². The normalized spacial score (nSPS) is 12.2. The molecule has 4 nitrogen and oxygen atoms in total. The smallest absolute Gasteiger partial charge is 0.188 e. The summed E-state index contributed by atoms with van der Waals surface area (Å²) in [6, 6.07) is 8.26. The van der Waals surface area contributed by atoms with Gasteiger partial charge in [0.15, 0.2) is 5.96 Å². The molecule has 3 N–H and O–H groups in total. The molecule has 1 aromatic carbocycles. The van der Waals surface area contributed by atoms with Crippen LogP contribution in [0.3, 0.4) is 0 Å². The van der Waals surface area contributed by atoms with E-state index >= 15 is 0 Å². The number of fused-ring (bicyclic) bond motifs is 1. The molecule has 0 fully saturated rings. The first-order valence-electron chi connectivity index (χ1n) is 7.03. The van der Waals surface area contributed by atoms with E-state index in [1.165, 1.54) is 9.71 Å². The molecule has 0 aliphatic rings. The number of rotatable bonds is 6. The number of aliphatic imine (C=N–C) groups is 1. The first-order chi connectivity index (χ1) is 9.65. The zero-order valence-electron chi connectivity index (χ0n) is 12.1. The van der Waals surface area contributed by atoms with Crippen LogP contribution in [0.5, 0.6) is 0 Å². The Balaban J connectivity index is 1.74. The van der Waals surface area contributed by atoms with Gasteiger partial charge in [-0.15, -0.1) is 11.3 Å². The average Bonchev–Trinajstić information content (AvgIpc) is 2.84. The van der Waals surface area contributed by atoms with E-state index in [2.05, 4.69) is 47.3 Å². The van der Waals surface area contributed by atoms with E-state index in [0.29, 0.717) is 11.9 Å². The maximum atomic E-state index is 5.79. The molecule has 0 spiro atoms. The lowest BCUT2D eigenvalue weighted by Gasteiger charge is -2.05. The summed E-state index contributed by atoms with van der Waals surface area (Å²) in [6.45, 7) is 5.87. The van der Waals surface area contributed by atoms with Crippen LogP contribution in [0.15, 0.2) is 29.3 Å². The van der Waals surface area contributed by atoms with Gasteiger partial charge in [0.25, 0.3) is 0 Å². The molecule has 0 aliphatic heterocycles. The minimum Gasteiger partial charge on any atom is -0.370 e. The van der Waals surface area contributed by atoms with Crippen LogP contribution in [0, 0.1) is 5.92 Å². The fourth-order valence-electron chi connectivity index (χ4n) is 1.82. The summed E-state index contributed by atoms with van der Waals surface area (Å²) in [6.07, 6.45) is 1.99. The third kappa shape index (κ3) is 4.49. The van der Waals surface area contributed by atoms with E-state index in [9.17, 15) is 0 Å². The summed E-state index contributed by atoms with van der Waals surface area (Å²) in [5.41, 5.74) is 6.88. The summed E-state index contributed by atoms with van der Waals surface area (Å²) >= 11 is 1.77. The van der Waals surface area contributed by atoms with Crippen molar-refractivity contribution in [2.45, 2.75) is 26.7 Å². The molecule has 5 heteroatoms. The van der Waals surface area contributed by atoms with Crippen molar-refractivity contribution < 1.29 is 0 Å². The molecule has 0 saturated carbocycles. The van der Waals surface area contributed by atoms with Gasteiger partial charge in [-0.1, -0.05) is 26.0 Å². The van der Waals surface area contributed by atoms with Crippen molar-refractivity contribution in [3.8, 4) is 0 Å². The molecule has 0 amide bonds. The van der Waals surface area contributed by atoms with Crippen LogP contribution in [0.4, 0.5) is 0 Å². The van der Waals surface area contributed by atoms with Crippen LogP contribution >= 0.6 is 11.3 Å². The minimum atomic E-state index is 0.540. The third-order valence-corrected chi connectivity index (χ3v) is 3.93. The SMILES string of the molecule is CC(C)CN=C(N)NCCCc1nc2ccccc2s1. The van der Waals surface area contributed by atoms with E-state index in [1.54, 1.807) is 11.3 Å². The molecule has 0 radical (unpaired) electrons. The molecule has 108 valence electrons. The van der Waals surface area contributed by atoms with Crippen molar-refractivity contribution in [3.05, 3.63) is 29.3 Å². The van der Waals surface area contributed by atoms with E-state index < -0.39 is 0 Å². The summed E-state index contributed by atoms with van der Waals surface area (Å²) in [7, 11) is 0. The van der Waals surface area contributed by atoms with E-state index in [4.69, 9.17) is 5.73 Å². The van der Waals surface area contributed by atoms with Crippen molar-refractivity contribution in [3.63, 3.8) is 0 Å². The molecule has 0 saturated heterocycles. The molecule has 0 unspecified atom stereocenters. The number of nitrogens with two attached hydrogens (primary N) is 1. The van der Waals surface area contributed by atoms with Crippen LogP contribution in [0.25, 0.3) is 10.2 Å². The van der Waals surface area contributed by atoms with Crippen LogP contribution < -0.4 is 11.1 Å². The highest BCUT2D eigenvalue weighted by Crippen LogP contribution is 2.22. The fourth-order valence-corrected chi connectivity index (χ4v) is 2.83. The minimum absolute atomic E-state index is 0.540. The highest BCUT2D eigenvalue weighted by Gasteiger charge is 2.02. The third-order valence-electron chi connectivity index (χ3n) is 2.84. The van der Waals surface area contributed by atoms with Crippen molar-refractivity contribution in [2.75, 3.05) is 13.1 Å². The van der Waals surface area contributed by atoms with Crippen molar-refractivity contribution in [1.29, 1.82) is 0 Å². The van der Waals surface area contributed by atoms with Gasteiger partial charge in [-0.05, 0) is 24.5 Å². The Morgan fingerprint density at radius 3 is 2.95 bits per heavy atom. The summed E-state index contributed by atoms with van der Waals surface area (Å²) < 4.78 is 1.26. The number of benzene rings is 1. The summed E-state index contributed by atoms with van der Waals surface area (Å²) in [5.74, 6) is 1.08. The maximum absolute atomic E-state index is 5.79. The molecule has 2 rings (SSSR count). The second kappa shape index (κ2) is 7.24. The Labute approximate surface area is 124 Å². The van der Waals surface area contributed by atoms with Gasteiger partial charge in [0, 0.05) is 19.5 Å². The van der Waals surface area contributed by atoms with Gasteiger partial charge in [-0.3, -0.25) is 4.99 Å². The Morgan fingerprint density at radius 1 is 1.40 bits per heavy atom. The topological polar surface area (TPSA) is 63.3 Å². The number of hydrogen-bond donors (Lipinski definition) is 2. The lowest BCUT2D eigenvalue weighted by Crippen LogP contribution is -2.33. The Morgan fingerprint density at radius 2 is 2.20 bits per heavy atom. The number of aryl methyl sites for hydroxylation is 1. The van der Waals surface area contributed by atoms with Crippen LogP contribution in [-0.4, -0.2) is 24.0 Å². The Bertz CT molecular complexity index is 541. The number of thiazole rings is 1. The van der Waals surface area contributed by atoms with Gasteiger partial charge in [0.2, 0.25) is 0 Å². The highest BCUT2D eigenvalue weighted by molar-refractivity contribution is 7.18. The Hall–Kier alpha value is -1.62. The molecule has 2 aromatic rings. The second-order valence-corrected chi connectivity index (χ2v) is 6.34. The molecule has 20 heavy (non-hydrogen) atoms. The monoisotopic (exact) mass is 290 g/mol. The van der Waals surface area contributed by atoms with Gasteiger partial charge < -0.3 is 11.1 Å². The molecule has 0 aliphatic carbocycles. The van der Waals surface area contributed by atoms with Crippen molar-refractivity contribution in [1.82, 2.24) is 10.3 Å². The predicted molar refractivity (Wildman–Crippen MR) is 87.3 cm³/mol. The number of guanidine groups is 1. The van der Waals surface area contributed by atoms with E-state index in [-0.39, 0.29) is 0 Å². The fraction of sp³-hybridized carbons (Fsp3) is 0.467. The Kier molecular flexibility index (Phi) is 5.35. The van der Waals surface area contributed by atoms with E-state index in [0.717, 1.165) is 31.4 Å². The van der Waals surface area contributed by atoms with Crippen LogP contribution in [-0.2, 0) is 6.42 Å². The van der Waals surface area contributed by atoms with Gasteiger partial charge in [0.05, 0.1) is 15.2 Å². The lowest BCUT2D eigenvalue weighted by atomic mass is 10.2. The molecule has 1 heterocycles. The predicted octanol–water partition coefficient (Wildman–Crippen LogP) is 2.79. The zero-order valence-corrected chi connectivity index (χ0v) is 12.9. The average molecular weight is 290 g/mol. The number of aromatic nitrogens is 1. The number of nitrogens with one attached hydrogen (secondary N) is 1. The first-order valence-corrected chi connectivity index (χ1v) is 7.85. The van der Waals surface area contributed by atoms with Crippen molar-refractivity contribution >= 4 is 27.5 Å². The lowest BCUT2D eigenvalue weighted by molar-refractivity contribution is 0.659. The van der Waals surface area contributed by atoms with Gasteiger partial charge in [0.1, 0.15) is 0 Å². The summed E-state index contributed by atoms with van der Waals surface area (Å²) in [5, 5.41) is 4.33. The maximum Gasteiger partial charge on any atom is 0.188 e. The first kappa shape index (κ1) is 14.8.